The Morgan fingerprint density at radius 3 is 2.33 bits per heavy atom. The minimum absolute atomic E-state index is 0.0745. The SMILES string of the molecule is COc1ccc([C@H](CC(=O)NCCO)N(C)S(=O)(=O)c2ccccc2)cc1. The molecule has 1 amide bonds. The zero-order valence-corrected chi connectivity index (χ0v) is 16.1. The molecule has 8 heteroatoms. The Balaban J connectivity index is 2.36. The molecule has 27 heavy (non-hydrogen) atoms. The minimum Gasteiger partial charge on any atom is -0.497 e. The molecule has 146 valence electrons. The van der Waals surface area contributed by atoms with Crippen LogP contribution in [-0.4, -0.2) is 51.0 Å². The van der Waals surface area contributed by atoms with Crippen LogP contribution in [0.4, 0.5) is 0 Å². The van der Waals surface area contributed by atoms with Crippen LogP contribution < -0.4 is 10.1 Å². The molecule has 2 aromatic carbocycles. The van der Waals surface area contributed by atoms with E-state index in [9.17, 15) is 13.2 Å². The van der Waals surface area contributed by atoms with E-state index in [4.69, 9.17) is 9.84 Å². The van der Waals surface area contributed by atoms with Crippen LogP contribution in [0.15, 0.2) is 59.5 Å². The lowest BCUT2D eigenvalue weighted by molar-refractivity contribution is -0.122. The van der Waals surface area contributed by atoms with E-state index in [2.05, 4.69) is 5.32 Å². The Bertz CT molecular complexity index is 838. The van der Waals surface area contributed by atoms with Crippen molar-refractivity contribution in [1.29, 1.82) is 0 Å². The number of methoxy groups -OCH3 is 1. The summed E-state index contributed by atoms with van der Waals surface area (Å²) in [6, 6.07) is 14.3. The van der Waals surface area contributed by atoms with Gasteiger partial charge in [0, 0.05) is 20.0 Å². The van der Waals surface area contributed by atoms with Gasteiger partial charge in [-0.05, 0) is 29.8 Å². The van der Waals surface area contributed by atoms with E-state index in [0.717, 1.165) is 0 Å². The number of carbonyl (C=O) groups is 1. The average molecular weight is 392 g/mol. The van der Waals surface area contributed by atoms with Crippen LogP contribution in [0.2, 0.25) is 0 Å². The zero-order chi connectivity index (χ0) is 19.9. The number of nitrogens with one attached hydrogen (secondary N) is 1. The van der Waals surface area contributed by atoms with E-state index in [-0.39, 0.29) is 30.4 Å². The maximum absolute atomic E-state index is 13.0. The Kier molecular flexibility index (Phi) is 7.35. The summed E-state index contributed by atoms with van der Waals surface area (Å²) in [6.07, 6.45) is -0.0745. The highest BCUT2D eigenvalue weighted by atomic mass is 32.2. The zero-order valence-electron chi connectivity index (χ0n) is 15.3. The summed E-state index contributed by atoms with van der Waals surface area (Å²) in [5, 5.41) is 11.4. The fourth-order valence-electron chi connectivity index (χ4n) is 2.65. The van der Waals surface area contributed by atoms with Gasteiger partial charge in [0.2, 0.25) is 15.9 Å². The molecule has 7 nitrogen and oxygen atoms in total. The average Bonchev–Trinajstić information content (AvgIpc) is 2.70. The largest absolute Gasteiger partial charge is 0.497 e. The van der Waals surface area contributed by atoms with Gasteiger partial charge in [-0.25, -0.2) is 8.42 Å². The third-order valence-electron chi connectivity index (χ3n) is 4.17. The molecule has 0 saturated heterocycles. The quantitative estimate of drug-likeness (QED) is 0.675. The highest BCUT2D eigenvalue weighted by Crippen LogP contribution is 2.30. The van der Waals surface area contributed by atoms with Crippen molar-refractivity contribution in [2.45, 2.75) is 17.4 Å². The minimum atomic E-state index is -3.80. The van der Waals surface area contributed by atoms with Gasteiger partial charge in [0.15, 0.2) is 0 Å². The van der Waals surface area contributed by atoms with Crippen LogP contribution >= 0.6 is 0 Å². The fourth-order valence-corrected chi connectivity index (χ4v) is 4.02. The second-order valence-electron chi connectivity index (χ2n) is 5.90. The molecule has 0 unspecified atom stereocenters. The highest BCUT2D eigenvalue weighted by Gasteiger charge is 2.30. The molecule has 0 aliphatic heterocycles. The van der Waals surface area contributed by atoms with Crippen LogP contribution in [0, 0.1) is 0 Å². The Hall–Kier alpha value is -2.42. The molecule has 0 aliphatic carbocycles. The van der Waals surface area contributed by atoms with E-state index in [1.165, 1.54) is 23.5 Å². The Labute approximate surface area is 159 Å². The highest BCUT2D eigenvalue weighted by molar-refractivity contribution is 7.89. The summed E-state index contributed by atoms with van der Waals surface area (Å²) >= 11 is 0. The number of hydrogen-bond acceptors (Lipinski definition) is 5. The smallest absolute Gasteiger partial charge is 0.243 e. The molecular formula is C19H24N2O5S. The Morgan fingerprint density at radius 1 is 1.15 bits per heavy atom. The van der Waals surface area contributed by atoms with Crippen molar-refractivity contribution in [2.75, 3.05) is 27.3 Å². The lowest BCUT2D eigenvalue weighted by atomic mass is 10.0. The van der Waals surface area contributed by atoms with Crippen LogP contribution in [0.1, 0.15) is 18.0 Å². The van der Waals surface area contributed by atoms with Crippen molar-refractivity contribution in [1.82, 2.24) is 9.62 Å². The topological polar surface area (TPSA) is 95.9 Å². The van der Waals surface area contributed by atoms with Crippen molar-refractivity contribution in [3.8, 4) is 5.75 Å². The number of amides is 1. The second kappa shape index (κ2) is 9.50. The molecule has 2 aromatic rings. The number of hydrogen-bond donors (Lipinski definition) is 2. The van der Waals surface area contributed by atoms with Gasteiger partial charge < -0.3 is 15.2 Å². The van der Waals surface area contributed by atoms with E-state index >= 15 is 0 Å². The number of rotatable bonds is 9. The Morgan fingerprint density at radius 2 is 1.78 bits per heavy atom. The maximum Gasteiger partial charge on any atom is 0.243 e. The summed E-state index contributed by atoms with van der Waals surface area (Å²) in [5.74, 6) is 0.288. The number of sulfonamides is 1. The molecule has 1 atom stereocenters. The van der Waals surface area contributed by atoms with Gasteiger partial charge >= 0.3 is 0 Å². The third kappa shape index (κ3) is 5.29. The standard InChI is InChI=1S/C19H24N2O5S/c1-21(27(24,25)17-6-4-3-5-7-17)18(14-19(23)20-12-13-22)15-8-10-16(26-2)11-9-15/h3-11,18,22H,12-14H2,1-2H3,(H,20,23)/t18-/m0/s1. The molecule has 0 aromatic heterocycles. The monoisotopic (exact) mass is 392 g/mol. The fraction of sp³-hybridized carbons (Fsp3) is 0.316. The van der Waals surface area contributed by atoms with Crippen molar-refractivity contribution in [3.05, 3.63) is 60.2 Å². The van der Waals surface area contributed by atoms with Crippen molar-refractivity contribution in [2.24, 2.45) is 0 Å². The molecule has 0 bridgehead atoms. The number of nitrogens with zero attached hydrogens (tertiary/aromatic N) is 1. The van der Waals surface area contributed by atoms with Gasteiger partial charge in [-0.15, -0.1) is 0 Å². The van der Waals surface area contributed by atoms with Crippen molar-refractivity contribution >= 4 is 15.9 Å². The first-order valence-electron chi connectivity index (χ1n) is 8.44. The van der Waals surface area contributed by atoms with Crippen molar-refractivity contribution in [3.63, 3.8) is 0 Å². The molecule has 2 N–H and O–H groups in total. The van der Waals surface area contributed by atoms with Gasteiger partial charge in [0.05, 0.1) is 24.7 Å². The first-order chi connectivity index (χ1) is 12.9. The van der Waals surface area contributed by atoms with Crippen LogP contribution in [0.3, 0.4) is 0 Å². The lowest BCUT2D eigenvalue weighted by Crippen LogP contribution is -2.36. The third-order valence-corrected chi connectivity index (χ3v) is 6.05. The van der Waals surface area contributed by atoms with Gasteiger partial charge in [-0.1, -0.05) is 30.3 Å². The first kappa shape index (κ1) is 20.9. The van der Waals surface area contributed by atoms with Gasteiger partial charge in [0.25, 0.3) is 0 Å². The van der Waals surface area contributed by atoms with E-state index in [0.29, 0.717) is 11.3 Å². The van der Waals surface area contributed by atoms with E-state index < -0.39 is 16.1 Å². The van der Waals surface area contributed by atoms with E-state index in [1.54, 1.807) is 49.6 Å². The molecule has 2 rings (SSSR count). The molecule has 0 radical (unpaired) electrons. The molecule has 0 fully saturated rings. The summed E-state index contributed by atoms with van der Waals surface area (Å²) in [4.78, 5) is 12.4. The summed E-state index contributed by atoms with van der Waals surface area (Å²) in [6.45, 7) is -0.0690. The maximum atomic E-state index is 13.0. The molecule has 0 spiro atoms. The lowest BCUT2D eigenvalue weighted by Gasteiger charge is -2.27. The number of aliphatic hydroxyl groups is 1. The molecule has 0 saturated carbocycles. The predicted molar refractivity (Wildman–Crippen MR) is 102 cm³/mol. The summed E-state index contributed by atoms with van der Waals surface area (Å²) in [5.41, 5.74) is 0.664. The number of carbonyl (C=O) groups excluding carboxylic acids is 1. The summed E-state index contributed by atoms with van der Waals surface area (Å²) < 4.78 is 32.3. The van der Waals surface area contributed by atoms with E-state index in [1.807, 2.05) is 0 Å². The normalized spacial score (nSPS) is 12.6. The number of aliphatic hydroxyl groups excluding tert-OH is 1. The summed E-state index contributed by atoms with van der Waals surface area (Å²) in [7, 11) is -0.798. The predicted octanol–water partition coefficient (Wildman–Crippen LogP) is 1.56. The number of ether oxygens (including phenoxy) is 1. The van der Waals surface area contributed by atoms with Gasteiger partial charge in [-0.3, -0.25) is 4.79 Å². The number of benzene rings is 2. The molecular weight excluding hydrogens is 368 g/mol. The second-order valence-corrected chi connectivity index (χ2v) is 7.90. The molecule has 0 aliphatic rings. The van der Waals surface area contributed by atoms with Crippen LogP contribution in [0.25, 0.3) is 0 Å². The van der Waals surface area contributed by atoms with Crippen molar-refractivity contribution < 1.29 is 23.1 Å². The van der Waals surface area contributed by atoms with Crippen LogP contribution in [0.5, 0.6) is 5.75 Å². The van der Waals surface area contributed by atoms with Gasteiger partial charge in [0.1, 0.15) is 5.75 Å². The van der Waals surface area contributed by atoms with Gasteiger partial charge in [-0.2, -0.15) is 4.31 Å². The molecule has 0 heterocycles. The van der Waals surface area contributed by atoms with Crippen LogP contribution in [-0.2, 0) is 14.8 Å². The first-order valence-corrected chi connectivity index (χ1v) is 9.88.